The van der Waals surface area contributed by atoms with Crippen molar-refractivity contribution in [2.45, 2.75) is 5.03 Å². The SMILES string of the molecule is Cn1cnc(S(N)(=O)=O)c1C(=O)O. The maximum absolute atomic E-state index is 10.8. The van der Waals surface area contributed by atoms with Gasteiger partial charge in [0.05, 0.1) is 6.33 Å². The molecule has 7 nitrogen and oxygen atoms in total. The molecule has 1 rings (SSSR count). The summed E-state index contributed by atoms with van der Waals surface area (Å²) in [6, 6.07) is 0. The molecule has 0 aliphatic heterocycles. The monoisotopic (exact) mass is 205 g/mol. The first-order chi connectivity index (χ1) is 5.84. The summed E-state index contributed by atoms with van der Waals surface area (Å²) in [5.41, 5.74) is -0.442. The number of aryl methyl sites for hydroxylation is 1. The molecule has 0 atom stereocenters. The number of nitrogens with two attached hydrogens (primary N) is 1. The molecule has 0 bridgehead atoms. The normalized spacial score (nSPS) is 11.5. The summed E-state index contributed by atoms with van der Waals surface area (Å²) in [6.45, 7) is 0. The number of rotatable bonds is 2. The largest absolute Gasteiger partial charge is 0.476 e. The second-order valence-corrected chi connectivity index (χ2v) is 3.84. The second kappa shape index (κ2) is 2.82. The Hall–Kier alpha value is -1.41. The summed E-state index contributed by atoms with van der Waals surface area (Å²) < 4.78 is 22.7. The lowest BCUT2D eigenvalue weighted by atomic mass is 10.5. The van der Waals surface area contributed by atoms with Gasteiger partial charge in [-0.15, -0.1) is 0 Å². The van der Waals surface area contributed by atoms with Crippen LogP contribution in [0, 0.1) is 0 Å². The van der Waals surface area contributed by atoms with E-state index in [1.54, 1.807) is 0 Å². The van der Waals surface area contributed by atoms with Gasteiger partial charge in [0.15, 0.2) is 5.69 Å². The smallest absolute Gasteiger partial charge is 0.355 e. The molecule has 0 saturated carbocycles. The Labute approximate surface area is 73.9 Å². The molecule has 0 unspecified atom stereocenters. The molecule has 1 heterocycles. The number of nitrogens with zero attached hydrogens (tertiary/aromatic N) is 2. The highest BCUT2D eigenvalue weighted by molar-refractivity contribution is 7.89. The van der Waals surface area contributed by atoms with Gasteiger partial charge in [-0.05, 0) is 0 Å². The first-order valence-corrected chi connectivity index (χ1v) is 4.66. The summed E-state index contributed by atoms with van der Waals surface area (Å²) in [5.74, 6) is -1.39. The summed E-state index contributed by atoms with van der Waals surface area (Å²) in [7, 11) is -2.70. The van der Waals surface area contributed by atoms with Crippen LogP contribution in [0.5, 0.6) is 0 Å². The number of primary sulfonamides is 1. The lowest BCUT2D eigenvalue weighted by Crippen LogP contribution is -2.18. The third-order valence-corrected chi connectivity index (χ3v) is 2.21. The Kier molecular flexibility index (Phi) is 2.10. The summed E-state index contributed by atoms with van der Waals surface area (Å²) in [5, 5.41) is 12.7. The van der Waals surface area contributed by atoms with Crippen molar-refractivity contribution >= 4 is 16.0 Å². The molecule has 0 aliphatic rings. The van der Waals surface area contributed by atoms with E-state index < -0.39 is 26.7 Å². The average Bonchev–Trinajstić information content (AvgIpc) is 2.28. The first kappa shape index (κ1) is 9.68. The van der Waals surface area contributed by atoms with Crippen LogP contribution in [0.4, 0.5) is 0 Å². The Morgan fingerprint density at radius 2 is 2.23 bits per heavy atom. The van der Waals surface area contributed by atoms with Crippen LogP contribution in [0.2, 0.25) is 0 Å². The molecule has 0 saturated heterocycles. The van der Waals surface area contributed by atoms with E-state index in [-0.39, 0.29) is 0 Å². The van der Waals surface area contributed by atoms with Crippen LogP contribution in [0.25, 0.3) is 0 Å². The number of aromatic nitrogens is 2. The maximum Gasteiger partial charge on any atom is 0.355 e. The van der Waals surface area contributed by atoms with E-state index in [1.807, 2.05) is 0 Å². The molecule has 0 amide bonds. The van der Waals surface area contributed by atoms with Crippen LogP contribution < -0.4 is 5.14 Å². The lowest BCUT2D eigenvalue weighted by Gasteiger charge is -1.97. The number of carboxylic acids is 1. The van der Waals surface area contributed by atoms with E-state index in [0.29, 0.717) is 0 Å². The van der Waals surface area contributed by atoms with Gasteiger partial charge in [0, 0.05) is 7.05 Å². The van der Waals surface area contributed by atoms with Crippen LogP contribution in [-0.4, -0.2) is 29.0 Å². The molecule has 0 fully saturated rings. The van der Waals surface area contributed by atoms with Crippen molar-refractivity contribution in [3.05, 3.63) is 12.0 Å². The molecule has 8 heteroatoms. The zero-order chi connectivity index (χ0) is 10.2. The highest BCUT2D eigenvalue weighted by Crippen LogP contribution is 2.10. The number of sulfonamides is 1. The number of hydrogen-bond acceptors (Lipinski definition) is 4. The predicted octanol–water partition coefficient (Wildman–Crippen LogP) is -1.23. The molecule has 0 aliphatic carbocycles. The van der Waals surface area contributed by atoms with Gasteiger partial charge in [-0.3, -0.25) is 0 Å². The Bertz CT molecular complexity index is 446. The standard InChI is InChI=1S/C5H7N3O4S/c1-8-2-7-4(13(6,11)12)3(8)5(9)10/h2H,1H3,(H,9,10)(H2,6,11,12). The summed E-state index contributed by atoms with van der Waals surface area (Å²) >= 11 is 0. The molecular weight excluding hydrogens is 198 g/mol. The minimum absolute atomic E-state index is 0.442. The van der Waals surface area contributed by atoms with Crippen molar-refractivity contribution in [3.63, 3.8) is 0 Å². The zero-order valence-corrected chi connectivity index (χ0v) is 7.45. The maximum atomic E-state index is 10.8. The Morgan fingerprint density at radius 3 is 2.54 bits per heavy atom. The van der Waals surface area contributed by atoms with Gasteiger partial charge in [-0.25, -0.2) is 23.3 Å². The van der Waals surface area contributed by atoms with Gasteiger partial charge < -0.3 is 9.67 Å². The van der Waals surface area contributed by atoms with E-state index in [1.165, 1.54) is 7.05 Å². The van der Waals surface area contributed by atoms with E-state index in [4.69, 9.17) is 10.2 Å². The van der Waals surface area contributed by atoms with Gasteiger partial charge in [0.1, 0.15) is 0 Å². The Morgan fingerprint density at radius 1 is 1.69 bits per heavy atom. The topological polar surface area (TPSA) is 115 Å². The van der Waals surface area contributed by atoms with Crippen molar-refractivity contribution in [1.29, 1.82) is 0 Å². The second-order valence-electron chi connectivity index (χ2n) is 2.36. The molecule has 13 heavy (non-hydrogen) atoms. The highest BCUT2D eigenvalue weighted by atomic mass is 32.2. The quantitative estimate of drug-likeness (QED) is 0.626. The third kappa shape index (κ3) is 1.68. The molecule has 1 aromatic rings. The van der Waals surface area contributed by atoms with Crippen LogP contribution in [0.1, 0.15) is 10.5 Å². The number of aromatic carboxylic acids is 1. The van der Waals surface area contributed by atoms with E-state index in [2.05, 4.69) is 4.98 Å². The minimum Gasteiger partial charge on any atom is -0.476 e. The van der Waals surface area contributed by atoms with Gasteiger partial charge in [-0.2, -0.15) is 0 Å². The van der Waals surface area contributed by atoms with Crippen molar-refractivity contribution in [2.24, 2.45) is 12.2 Å². The van der Waals surface area contributed by atoms with E-state index in [0.717, 1.165) is 10.9 Å². The molecule has 0 aromatic carbocycles. The van der Waals surface area contributed by atoms with Gasteiger partial charge in [-0.1, -0.05) is 0 Å². The summed E-state index contributed by atoms with van der Waals surface area (Å²) in [6.07, 6.45) is 1.07. The number of carbonyl (C=O) groups is 1. The summed E-state index contributed by atoms with van der Waals surface area (Å²) in [4.78, 5) is 13.9. The van der Waals surface area contributed by atoms with Crippen LogP contribution in [-0.2, 0) is 17.1 Å². The molecule has 0 spiro atoms. The molecule has 0 radical (unpaired) electrons. The Balaban J connectivity index is 3.49. The highest BCUT2D eigenvalue weighted by Gasteiger charge is 2.23. The van der Waals surface area contributed by atoms with Crippen molar-refractivity contribution < 1.29 is 18.3 Å². The number of carboxylic acid groups (broad SMARTS) is 1. The first-order valence-electron chi connectivity index (χ1n) is 3.11. The minimum atomic E-state index is -4.07. The van der Waals surface area contributed by atoms with Crippen molar-refractivity contribution in [1.82, 2.24) is 9.55 Å². The molecule has 72 valence electrons. The number of hydrogen-bond donors (Lipinski definition) is 2. The predicted molar refractivity (Wildman–Crippen MR) is 41.5 cm³/mol. The fourth-order valence-electron chi connectivity index (χ4n) is 0.859. The van der Waals surface area contributed by atoms with Crippen LogP contribution in [0.3, 0.4) is 0 Å². The van der Waals surface area contributed by atoms with Gasteiger partial charge in [0.2, 0.25) is 5.03 Å². The van der Waals surface area contributed by atoms with Crippen molar-refractivity contribution in [3.8, 4) is 0 Å². The van der Waals surface area contributed by atoms with Crippen molar-refractivity contribution in [2.75, 3.05) is 0 Å². The number of imidazole rings is 1. The molecule has 1 aromatic heterocycles. The fraction of sp³-hybridized carbons (Fsp3) is 0.200. The lowest BCUT2D eigenvalue weighted by molar-refractivity contribution is 0.0681. The molecular formula is C5H7N3O4S. The van der Waals surface area contributed by atoms with Crippen LogP contribution in [0.15, 0.2) is 11.4 Å². The van der Waals surface area contributed by atoms with Gasteiger partial charge >= 0.3 is 5.97 Å². The third-order valence-electron chi connectivity index (χ3n) is 1.38. The average molecular weight is 205 g/mol. The fourth-order valence-corrected chi connectivity index (χ4v) is 1.55. The van der Waals surface area contributed by atoms with Crippen LogP contribution >= 0.6 is 0 Å². The zero-order valence-electron chi connectivity index (χ0n) is 6.63. The molecule has 3 N–H and O–H groups in total. The van der Waals surface area contributed by atoms with Gasteiger partial charge in [0.25, 0.3) is 10.0 Å². The van der Waals surface area contributed by atoms with E-state index >= 15 is 0 Å². The van der Waals surface area contributed by atoms with E-state index in [9.17, 15) is 13.2 Å².